The minimum Gasteiger partial charge on any atom is -0.387 e. The lowest BCUT2D eigenvalue weighted by Gasteiger charge is -2.19. The van der Waals surface area contributed by atoms with E-state index in [1.54, 1.807) is 0 Å². The van der Waals surface area contributed by atoms with E-state index in [4.69, 9.17) is 16.2 Å². The lowest BCUT2D eigenvalue weighted by atomic mass is 10.1. The largest absolute Gasteiger partial charge is 0.481 e. The zero-order valence-corrected chi connectivity index (χ0v) is 16.0. The number of nitrogen functional groups attached to an aromatic ring is 1. The second kappa shape index (κ2) is 9.07. The normalized spacial score (nSPS) is 29.3. The molecule has 0 bridgehead atoms. The number of aromatic nitrogens is 2. The first-order valence-corrected chi connectivity index (χ1v) is 10.7. The van der Waals surface area contributed by atoms with Crippen LogP contribution in [0, 0.1) is 0 Å². The average Bonchev–Trinajstić information content (AvgIpc) is 2.86. The van der Waals surface area contributed by atoms with Crippen LogP contribution in [0.2, 0.25) is 0 Å². The van der Waals surface area contributed by atoms with E-state index in [2.05, 4.69) is 18.3 Å². The van der Waals surface area contributed by atoms with E-state index in [1.807, 2.05) is 0 Å². The third-order valence-electron chi connectivity index (χ3n) is 3.44. The summed E-state index contributed by atoms with van der Waals surface area (Å²) in [4.78, 5) is 34.1. The number of rotatable bonds is 9. The number of anilines is 1. The molecule has 160 valence electrons. The van der Waals surface area contributed by atoms with E-state index in [0.717, 1.165) is 4.57 Å². The Bertz CT molecular complexity index is 835. The Labute approximate surface area is 157 Å². The van der Waals surface area contributed by atoms with Gasteiger partial charge in [-0.05, 0) is 6.07 Å². The number of phosphoric acid groups is 2. The van der Waals surface area contributed by atoms with Crippen molar-refractivity contribution in [3.8, 4) is 0 Å². The summed E-state index contributed by atoms with van der Waals surface area (Å²) < 4.78 is 42.2. The van der Waals surface area contributed by atoms with E-state index in [9.17, 15) is 33.9 Å². The molecule has 6 atom stereocenters. The Morgan fingerprint density at radius 2 is 1.86 bits per heavy atom. The highest BCUT2D eigenvalue weighted by atomic mass is 31.3. The van der Waals surface area contributed by atoms with Crippen molar-refractivity contribution >= 4 is 21.5 Å². The number of aliphatic hydroxyl groups is 2. The highest BCUT2D eigenvalue weighted by Crippen LogP contribution is 2.60. The molecule has 1 aliphatic rings. The van der Waals surface area contributed by atoms with E-state index in [0.29, 0.717) is 0 Å². The molecule has 8 N–H and O–H groups in total. The summed E-state index contributed by atoms with van der Waals surface area (Å²) in [6.07, 6.45) is -4.86. The van der Waals surface area contributed by atoms with Crippen LogP contribution in [-0.2, 0) is 27.2 Å². The molecule has 17 heteroatoms. The van der Waals surface area contributed by atoms with Crippen molar-refractivity contribution in [1.82, 2.24) is 9.55 Å². The topological polar surface area (TPSA) is 239 Å². The molecule has 1 saturated heterocycles. The fraction of sp³-hybridized carbons (Fsp3) is 0.636. The van der Waals surface area contributed by atoms with Gasteiger partial charge in [0.15, 0.2) is 6.23 Å². The molecule has 0 aromatic carbocycles. The molecule has 1 aromatic rings. The third kappa shape index (κ3) is 5.89. The molecule has 0 saturated carbocycles. The van der Waals surface area contributed by atoms with Gasteiger partial charge in [0.25, 0.3) is 0 Å². The van der Waals surface area contributed by atoms with Gasteiger partial charge in [-0.25, -0.2) is 13.9 Å². The molecule has 0 amide bonds. The van der Waals surface area contributed by atoms with Gasteiger partial charge < -0.3 is 36.2 Å². The molecule has 1 fully saturated rings. The van der Waals surface area contributed by atoms with Crippen LogP contribution >= 0.6 is 15.6 Å². The predicted octanol–water partition coefficient (Wildman–Crippen LogP) is -2.35. The minimum atomic E-state index is -5.11. The molecule has 2 rings (SSSR count). The maximum Gasteiger partial charge on any atom is 0.481 e. The van der Waals surface area contributed by atoms with Crippen molar-refractivity contribution in [3.05, 3.63) is 22.7 Å². The first kappa shape index (κ1) is 23.1. The Balaban J connectivity index is 2.02. The molecular weight excluding hydrogens is 426 g/mol. The summed E-state index contributed by atoms with van der Waals surface area (Å²) in [6, 6.07) is 1.25. The monoisotopic (exact) mass is 446 g/mol. The lowest BCUT2D eigenvalue weighted by molar-refractivity contribution is -0.0542. The fourth-order valence-electron chi connectivity index (χ4n) is 2.23. The van der Waals surface area contributed by atoms with Gasteiger partial charge in [-0.1, -0.05) is 0 Å². The number of nitrogens with zero attached hydrogens (tertiary/aromatic N) is 2. The number of hydrogen-bond donors (Lipinski definition) is 6. The van der Waals surface area contributed by atoms with Crippen molar-refractivity contribution in [2.45, 2.75) is 24.5 Å². The third-order valence-corrected chi connectivity index (χ3v) is 6.08. The molecular formula is C11H20N4O11P2. The van der Waals surface area contributed by atoms with Gasteiger partial charge in [0.05, 0.1) is 13.2 Å². The fourth-order valence-corrected chi connectivity index (χ4v) is 4.32. The second-order valence-corrected chi connectivity index (χ2v) is 8.57. The van der Waals surface area contributed by atoms with Crippen LogP contribution < -0.4 is 17.2 Å². The molecule has 0 radical (unpaired) electrons. The molecule has 28 heavy (non-hydrogen) atoms. The molecule has 1 aromatic heterocycles. The van der Waals surface area contributed by atoms with E-state index < -0.39 is 59.1 Å². The summed E-state index contributed by atoms with van der Waals surface area (Å²) >= 11 is 0. The number of ether oxygens (including phenoxy) is 1. The summed E-state index contributed by atoms with van der Waals surface area (Å²) in [5.74, 6) is -0.0715. The first-order valence-electron chi connectivity index (χ1n) is 7.68. The van der Waals surface area contributed by atoms with Gasteiger partial charge in [0, 0.05) is 12.7 Å². The zero-order chi connectivity index (χ0) is 21.1. The number of hydrogen-bond acceptors (Lipinski definition) is 12. The maximum absolute atomic E-state index is 11.8. The van der Waals surface area contributed by atoms with Crippen LogP contribution in [0.3, 0.4) is 0 Å². The summed E-state index contributed by atoms with van der Waals surface area (Å²) in [6.45, 7) is -1.40. The standard InChI is InChI=1S/C11H20N4O11P2/c12-2-4-23-27(19,20)26-28(21,22)24-5-6-8(16)9(17)10(25-6)15-3-1-7(13)14-11(15)18/h1,3,6,8-10,16-17H,2,4-5,12H2,(H,19,20)(H,21,22)(H2,13,14,18)/t6-,8-,9-,10-/m0/s1. The Kier molecular flexibility index (Phi) is 7.47. The number of phosphoric ester groups is 2. The quantitative estimate of drug-likeness (QED) is 0.218. The van der Waals surface area contributed by atoms with Crippen molar-refractivity contribution in [2.24, 2.45) is 5.73 Å². The SMILES string of the molecule is NCCOP(=O)(O)OP(=O)(O)OC[C@@H]1O[C@H](n2ccc(N)nc2=O)[C@@H](O)[C@H]1O. The van der Waals surface area contributed by atoms with Crippen LogP contribution in [0.15, 0.2) is 17.1 Å². The summed E-state index contributed by atoms with van der Waals surface area (Å²) in [5, 5.41) is 20.1. The summed E-state index contributed by atoms with van der Waals surface area (Å²) in [5.41, 5.74) is 9.56. The van der Waals surface area contributed by atoms with E-state index in [-0.39, 0.29) is 12.4 Å². The highest BCUT2D eigenvalue weighted by Gasteiger charge is 2.46. The first-order chi connectivity index (χ1) is 13.0. The van der Waals surface area contributed by atoms with Crippen LogP contribution in [0.1, 0.15) is 6.23 Å². The highest BCUT2D eigenvalue weighted by molar-refractivity contribution is 7.61. The van der Waals surface area contributed by atoms with Gasteiger partial charge in [0.1, 0.15) is 24.1 Å². The van der Waals surface area contributed by atoms with E-state index >= 15 is 0 Å². The van der Waals surface area contributed by atoms with Crippen LogP contribution in [-0.4, -0.2) is 67.6 Å². The molecule has 0 aliphatic carbocycles. The lowest BCUT2D eigenvalue weighted by Crippen LogP contribution is -2.36. The van der Waals surface area contributed by atoms with Crippen molar-refractivity contribution in [3.63, 3.8) is 0 Å². The molecule has 2 heterocycles. The van der Waals surface area contributed by atoms with Gasteiger partial charge in [-0.2, -0.15) is 9.29 Å². The molecule has 0 spiro atoms. The van der Waals surface area contributed by atoms with E-state index in [1.165, 1.54) is 12.3 Å². The van der Waals surface area contributed by atoms with Crippen molar-refractivity contribution in [1.29, 1.82) is 0 Å². The summed E-state index contributed by atoms with van der Waals surface area (Å²) in [7, 11) is -10.0. The predicted molar refractivity (Wildman–Crippen MR) is 90.5 cm³/mol. The molecule has 15 nitrogen and oxygen atoms in total. The molecule has 2 unspecified atom stereocenters. The van der Waals surface area contributed by atoms with Gasteiger partial charge in [-0.3, -0.25) is 13.6 Å². The van der Waals surface area contributed by atoms with Crippen LogP contribution in [0.5, 0.6) is 0 Å². The number of nitrogens with two attached hydrogens (primary N) is 2. The van der Waals surface area contributed by atoms with Crippen molar-refractivity contribution < 1.29 is 47.2 Å². The van der Waals surface area contributed by atoms with Gasteiger partial charge in [-0.15, -0.1) is 0 Å². The maximum atomic E-state index is 11.8. The Morgan fingerprint density at radius 1 is 1.21 bits per heavy atom. The number of aliphatic hydroxyl groups excluding tert-OH is 2. The second-order valence-electron chi connectivity index (χ2n) is 5.52. The van der Waals surface area contributed by atoms with Crippen LogP contribution in [0.4, 0.5) is 5.82 Å². The van der Waals surface area contributed by atoms with Gasteiger partial charge >= 0.3 is 21.3 Å². The van der Waals surface area contributed by atoms with Gasteiger partial charge in [0.2, 0.25) is 0 Å². The average molecular weight is 446 g/mol. The van der Waals surface area contributed by atoms with Crippen LogP contribution in [0.25, 0.3) is 0 Å². The zero-order valence-electron chi connectivity index (χ0n) is 14.2. The Hall–Kier alpha value is -1.22. The minimum absolute atomic E-state index is 0.0715. The molecule has 1 aliphatic heterocycles. The Morgan fingerprint density at radius 3 is 2.46 bits per heavy atom. The van der Waals surface area contributed by atoms with Crippen molar-refractivity contribution in [2.75, 3.05) is 25.5 Å². The smallest absolute Gasteiger partial charge is 0.387 e.